The van der Waals surface area contributed by atoms with E-state index in [-0.39, 0.29) is 24.1 Å². The molecule has 2 heterocycles. The Hall–Kier alpha value is -3.40. The van der Waals surface area contributed by atoms with E-state index in [0.717, 1.165) is 25.0 Å². The van der Waals surface area contributed by atoms with Crippen molar-refractivity contribution in [3.05, 3.63) is 54.4 Å². The van der Waals surface area contributed by atoms with Gasteiger partial charge in [0.05, 0.1) is 18.3 Å². The number of rotatable bonds is 9. The summed E-state index contributed by atoms with van der Waals surface area (Å²) >= 11 is 0. The first-order valence-electron chi connectivity index (χ1n) is 12.6. The molecule has 1 aromatic carbocycles. The number of aromatic nitrogens is 3. The predicted octanol–water partition coefficient (Wildman–Crippen LogP) is 5.24. The lowest BCUT2D eigenvalue weighted by Gasteiger charge is -2.27. The third-order valence-electron chi connectivity index (χ3n) is 7.43. The van der Waals surface area contributed by atoms with E-state index in [1.807, 2.05) is 0 Å². The van der Waals surface area contributed by atoms with Gasteiger partial charge in [0.25, 0.3) is 0 Å². The number of hydrogen-bond donors (Lipinski definition) is 3. The summed E-state index contributed by atoms with van der Waals surface area (Å²) in [5.74, 6) is -1.04. The molecule has 2 aliphatic carbocycles. The molecule has 0 radical (unpaired) electrons. The first-order chi connectivity index (χ1) is 17.6. The maximum atomic E-state index is 14.1. The fourth-order valence-corrected chi connectivity index (χ4v) is 5.87. The summed E-state index contributed by atoms with van der Waals surface area (Å²) in [5.41, 5.74) is -0.970. The van der Waals surface area contributed by atoms with E-state index in [1.165, 1.54) is 35.7 Å². The topological polar surface area (TPSA) is 102 Å². The van der Waals surface area contributed by atoms with Gasteiger partial charge in [-0.1, -0.05) is 12.5 Å². The second-order valence-corrected chi connectivity index (χ2v) is 11.0. The van der Waals surface area contributed by atoms with Crippen LogP contribution in [0.4, 0.5) is 14.6 Å². The maximum absolute atomic E-state index is 14.1. The van der Waals surface area contributed by atoms with Gasteiger partial charge in [-0.3, -0.25) is 9.48 Å². The number of aliphatic hydroxyl groups is 1. The summed E-state index contributed by atoms with van der Waals surface area (Å²) in [6, 6.07) is 5.49. The fraction of sp³-hybridized carbons (Fsp3) is 0.481. The monoisotopic (exact) mass is 514 g/mol. The highest BCUT2D eigenvalue weighted by molar-refractivity contribution is 5.93. The summed E-state index contributed by atoms with van der Waals surface area (Å²) in [7, 11) is 0. The van der Waals surface area contributed by atoms with Gasteiger partial charge in [0.2, 0.25) is 5.91 Å². The molecule has 5 rings (SSSR count). The minimum atomic E-state index is -0.970. The lowest BCUT2D eigenvalue weighted by molar-refractivity contribution is -0.120. The number of benzene rings is 1. The van der Waals surface area contributed by atoms with E-state index < -0.39 is 29.0 Å². The Morgan fingerprint density at radius 2 is 2.00 bits per heavy atom. The lowest BCUT2D eigenvalue weighted by Crippen LogP contribution is -2.29. The van der Waals surface area contributed by atoms with Crippen LogP contribution in [0.3, 0.4) is 0 Å². The molecule has 198 valence electrons. The Labute approximate surface area is 213 Å². The summed E-state index contributed by atoms with van der Waals surface area (Å²) in [5, 5.41) is 27.9. The summed E-state index contributed by atoms with van der Waals surface area (Å²) in [6.07, 6.45) is 8.14. The molecule has 4 unspecified atom stereocenters. The smallest absolute Gasteiger partial charge is 0.248 e. The second-order valence-electron chi connectivity index (χ2n) is 11.0. The fourth-order valence-electron chi connectivity index (χ4n) is 5.87. The van der Waals surface area contributed by atoms with Gasteiger partial charge >= 0.3 is 0 Å². The number of anilines is 1. The number of para-hydroxylation sites is 1. The molecule has 10 heteroatoms. The number of nitrogens with one attached hydrogen (secondary N) is 1. The van der Waals surface area contributed by atoms with E-state index in [2.05, 4.69) is 10.4 Å². The van der Waals surface area contributed by atoms with Crippen molar-refractivity contribution in [3.63, 3.8) is 0 Å². The molecule has 0 saturated heterocycles. The molecule has 2 aliphatic rings. The molecule has 3 N–H and O–H groups in total. The van der Waals surface area contributed by atoms with Crippen molar-refractivity contribution < 1.29 is 28.5 Å². The van der Waals surface area contributed by atoms with Crippen molar-refractivity contribution in [2.24, 2.45) is 17.8 Å². The van der Waals surface area contributed by atoms with E-state index in [9.17, 15) is 23.8 Å². The quantitative estimate of drug-likeness (QED) is 0.363. The molecule has 0 spiro atoms. The minimum Gasteiger partial charge on any atom is -0.494 e. The molecule has 8 nitrogen and oxygen atoms in total. The maximum Gasteiger partial charge on any atom is 0.248 e. The Kier molecular flexibility index (Phi) is 6.70. The first kappa shape index (κ1) is 25.3. The van der Waals surface area contributed by atoms with Crippen molar-refractivity contribution in [2.45, 2.75) is 64.1 Å². The zero-order valence-electron chi connectivity index (χ0n) is 20.9. The van der Waals surface area contributed by atoms with Gasteiger partial charge in [-0.05, 0) is 69.4 Å². The summed E-state index contributed by atoms with van der Waals surface area (Å²) in [6.45, 7) is 3.59. The standard InChI is InChI=1S/C27H32F2N4O4/c1-27(2,36)15-32-9-8-23(31-32)30-26(35)22(12-18-11-16-6-7-17(18)10-16)33-14-19(13-24(33)34)37-25-20(28)4-3-5-21(25)29/h3-5,8-9,13-14,16-18,22,34,36H,6-7,10-12,15H2,1-2H3,(H,30,31,35). The zero-order chi connectivity index (χ0) is 26.3. The van der Waals surface area contributed by atoms with E-state index in [1.54, 1.807) is 30.8 Å². The van der Waals surface area contributed by atoms with Crippen molar-refractivity contribution in [2.75, 3.05) is 5.32 Å². The number of aromatic hydroxyl groups is 1. The van der Waals surface area contributed by atoms with Crippen molar-refractivity contribution in [1.29, 1.82) is 0 Å². The molecule has 4 atom stereocenters. The van der Waals surface area contributed by atoms with Crippen LogP contribution in [0.2, 0.25) is 0 Å². The van der Waals surface area contributed by atoms with E-state index in [4.69, 9.17) is 4.74 Å². The minimum absolute atomic E-state index is 0.0155. The SMILES string of the molecule is CC(C)(O)Cn1ccc(NC(=O)C(CC2CC3CCC2C3)n2cc(Oc3c(F)cccc3F)cc2O)n1. The predicted molar refractivity (Wildman–Crippen MR) is 132 cm³/mol. The molecule has 37 heavy (non-hydrogen) atoms. The molecule has 3 aromatic rings. The number of nitrogens with zero attached hydrogens (tertiary/aromatic N) is 3. The van der Waals surface area contributed by atoms with Gasteiger partial charge in [0.15, 0.2) is 29.1 Å². The van der Waals surface area contributed by atoms with Crippen molar-refractivity contribution in [1.82, 2.24) is 14.3 Å². The highest BCUT2D eigenvalue weighted by Crippen LogP contribution is 2.51. The molecular formula is C27H32F2N4O4. The number of halogens is 2. The molecule has 2 bridgehead atoms. The van der Waals surface area contributed by atoms with E-state index in [0.29, 0.717) is 30.0 Å². The zero-order valence-corrected chi connectivity index (χ0v) is 20.9. The summed E-state index contributed by atoms with van der Waals surface area (Å²) in [4.78, 5) is 13.5. The van der Waals surface area contributed by atoms with E-state index >= 15 is 0 Å². The molecular weight excluding hydrogens is 482 g/mol. The molecule has 0 aliphatic heterocycles. The largest absolute Gasteiger partial charge is 0.494 e. The normalized spacial score (nSPS) is 21.8. The van der Waals surface area contributed by atoms with Gasteiger partial charge in [-0.2, -0.15) is 5.10 Å². The average molecular weight is 515 g/mol. The number of carbonyl (C=O) groups is 1. The summed E-state index contributed by atoms with van der Waals surface area (Å²) < 4.78 is 36.6. The van der Waals surface area contributed by atoms with Crippen LogP contribution < -0.4 is 10.1 Å². The number of amides is 1. The lowest BCUT2D eigenvalue weighted by atomic mass is 9.84. The van der Waals surface area contributed by atoms with Crippen molar-refractivity contribution >= 4 is 11.7 Å². The van der Waals surface area contributed by atoms with Crippen LogP contribution in [0.15, 0.2) is 42.7 Å². The first-order valence-corrected chi connectivity index (χ1v) is 12.6. The van der Waals surface area contributed by atoms with Gasteiger partial charge in [0, 0.05) is 18.3 Å². The van der Waals surface area contributed by atoms with Gasteiger partial charge < -0.3 is 24.8 Å². The third kappa shape index (κ3) is 5.64. The number of carbonyl (C=O) groups excluding carboxylic acids is 1. The van der Waals surface area contributed by atoms with Crippen molar-refractivity contribution in [3.8, 4) is 17.4 Å². The second kappa shape index (κ2) is 9.81. The molecule has 1 amide bonds. The van der Waals surface area contributed by atoms with Crippen LogP contribution in [0, 0.1) is 29.4 Å². The van der Waals surface area contributed by atoms with Gasteiger partial charge in [0.1, 0.15) is 11.8 Å². The van der Waals surface area contributed by atoms with Gasteiger partial charge in [-0.25, -0.2) is 8.78 Å². The van der Waals surface area contributed by atoms with Crippen LogP contribution >= 0.6 is 0 Å². The highest BCUT2D eigenvalue weighted by atomic mass is 19.1. The molecule has 2 fully saturated rings. The van der Waals surface area contributed by atoms with Crippen LogP contribution in [-0.4, -0.2) is 36.1 Å². The molecule has 2 saturated carbocycles. The Balaban J connectivity index is 1.39. The number of fused-ring (bicyclic) bond motifs is 2. The van der Waals surface area contributed by atoms with Crippen LogP contribution in [0.25, 0.3) is 0 Å². The van der Waals surface area contributed by atoms with Crippen LogP contribution in [0.1, 0.15) is 52.0 Å². The number of hydrogen-bond acceptors (Lipinski definition) is 5. The van der Waals surface area contributed by atoms with Crippen LogP contribution in [-0.2, 0) is 11.3 Å². The Morgan fingerprint density at radius 3 is 2.65 bits per heavy atom. The average Bonchev–Trinajstić information content (AvgIpc) is 3.59. The molecule has 2 aromatic heterocycles. The van der Waals surface area contributed by atoms with Crippen LogP contribution in [0.5, 0.6) is 17.4 Å². The van der Waals surface area contributed by atoms with Gasteiger partial charge in [-0.15, -0.1) is 0 Å². The Morgan fingerprint density at radius 1 is 1.24 bits per heavy atom. The third-order valence-corrected chi connectivity index (χ3v) is 7.43. The number of ether oxygens (including phenoxy) is 1. The Bertz CT molecular complexity index is 1260. The highest BCUT2D eigenvalue weighted by Gasteiger charge is 2.42.